The number of carbonyl (C=O) groups excluding carboxylic acids is 2. The van der Waals surface area contributed by atoms with Crippen molar-refractivity contribution in [2.45, 2.75) is 75.9 Å². The van der Waals surface area contributed by atoms with Crippen molar-refractivity contribution in [3.8, 4) is 0 Å². The molecule has 0 aliphatic carbocycles. The van der Waals surface area contributed by atoms with E-state index in [0.717, 1.165) is 0 Å². The van der Waals surface area contributed by atoms with E-state index in [9.17, 15) is 29.7 Å². The second-order valence-electron chi connectivity index (χ2n) is 12.1. The van der Waals surface area contributed by atoms with E-state index in [1.54, 1.807) is 32.0 Å². The summed E-state index contributed by atoms with van der Waals surface area (Å²) in [6.07, 6.45) is -1.82. The Morgan fingerprint density at radius 2 is 1.82 bits per heavy atom. The molecule has 1 aliphatic heterocycles. The number of rotatable bonds is 7. The van der Waals surface area contributed by atoms with Gasteiger partial charge >= 0.3 is 0 Å². The summed E-state index contributed by atoms with van der Waals surface area (Å²) in [6, 6.07) is 8.02. The zero-order valence-corrected chi connectivity index (χ0v) is 24.7. The average molecular weight is 572 g/mol. The lowest BCUT2D eigenvalue weighted by atomic mass is 9.84. The van der Waals surface area contributed by atoms with Crippen LogP contribution in [-0.4, -0.2) is 78.1 Å². The predicted octanol–water partition coefficient (Wildman–Crippen LogP) is 2.00. The number of nitrogens with zero attached hydrogens (tertiary/aromatic N) is 3. The van der Waals surface area contributed by atoms with Gasteiger partial charge in [0.25, 0.3) is 5.56 Å². The van der Waals surface area contributed by atoms with Crippen LogP contribution in [0, 0.1) is 5.92 Å². The molecular weight excluding hydrogens is 534 g/mol. The first-order chi connectivity index (χ1) is 18.5. The maximum atomic E-state index is 14.3. The van der Waals surface area contributed by atoms with Crippen molar-refractivity contribution in [1.82, 2.24) is 19.5 Å². The van der Waals surface area contributed by atoms with E-state index in [4.69, 9.17) is 4.74 Å². The fourth-order valence-corrected chi connectivity index (χ4v) is 8.49. The van der Waals surface area contributed by atoms with E-state index in [1.807, 2.05) is 33.9 Å². The highest BCUT2D eigenvalue weighted by atomic mass is 28.3. The molecule has 1 fully saturated rings. The predicted molar refractivity (Wildman–Crippen MR) is 150 cm³/mol. The van der Waals surface area contributed by atoms with Crippen LogP contribution >= 0.6 is 0 Å². The van der Waals surface area contributed by atoms with E-state index in [0.29, 0.717) is 0 Å². The number of Topliss-reactive ketones (excluding diaryl/α,β-unsaturated/α-hetero) is 1. The third-order valence-corrected chi connectivity index (χ3v) is 14.9. The number of anilines is 1. The van der Waals surface area contributed by atoms with Crippen LogP contribution in [0.4, 0.5) is 5.95 Å². The van der Waals surface area contributed by atoms with Gasteiger partial charge < -0.3 is 20.1 Å². The second kappa shape index (κ2) is 10.00. The third-order valence-electron chi connectivity index (χ3n) is 8.52. The van der Waals surface area contributed by atoms with Gasteiger partial charge in [-0.15, -0.1) is 0 Å². The first kappa shape index (κ1) is 29.7. The molecule has 216 valence electrons. The number of aliphatic hydroxyl groups excluding tert-OH is 1. The molecule has 1 saturated heterocycles. The highest BCUT2D eigenvalue weighted by Gasteiger charge is 2.77. The summed E-state index contributed by atoms with van der Waals surface area (Å²) in [5.74, 6) is -1.77. The van der Waals surface area contributed by atoms with E-state index >= 15 is 0 Å². The number of aliphatic hydroxyl groups is 3. The van der Waals surface area contributed by atoms with Crippen molar-refractivity contribution in [1.29, 1.82) is 0 Å². The molecule has 40 heavy (non-hydrogen) atoms. The standard InChI is InChI=1S/C27H37N5O7Si/c1-15(2)21(35)30-24-29-20-18(22(36)31-24)28-14-32(20)23-26(37,19(34)16-11-9-8-10-12-16)27(38,17(13-33)39-23)40(6,7)25(3,4)5/h8-12,14-15,17,23,33,37-38H,13H2,1-7H3,(H2,29,30,31,35,36)/t17-,23-,26+,27+/m1/s1. The third kappa shape index (κ3) is 4.23. The molecule has 4 rings (SSSR count). The second-order valence-corrected chi connectivity index (χ2v) is 17.7. The first-order valence-corrected chi connectivity index (χ1v) is 16.1. The first-order valence-electron chi connectivity index (χ1n) is 13.1. The van der Waals surface area contributed by atoms with Gasteiger partial charge in [-0.25, -0.2) is 4.98 Å². The number of ketones is 1. The number of aromatic amines is 1. The lowest BCUT2D eigenvalue weighted by Crippen LogP contribution is -2.76. The largest absolute Gasteiger partial charge is 0.394 e. The molecule has 0 radical (unpaired) electrons. The number of benzene rings is 1. The number of aromatic nitrogens is 4. The van der Waals surface area contributed by atoms with Gasteiger partial charge in [0, 0.05) is 11.5 Å². The molecule has 12 nitrogen and oxygen atoms in total. The molecule has 5 N–H and O–H groups in total. The zero-order valence-electron chi connectivity index (χ0n) is 23.7. The molecule has 3 aromatic rings. The summed E-state index contributed by atoms with van der Waals surface area (Å²) in [4.78, 5) is 50.4. The molecule has 0 bridgehead atoms. The molecule has 4 atom stereocenters. The van der Waals surface area contributed by atoms with Gasteiger partial charge in [0.1, 0.15) is 11.3 Å². The maximum Gasteiger partial charge on any atom is 0.280 e. The molecule has 1 aromatic carbocycles. The van der Waals surface area contributed by atoms with Gasteiger partial charge in [-0.1, -0.05) is 78.0 Å². The Bertz CT molecular complexity index is 1500. The molecule has 13 heteroatoms. The van der Waals surface area contributed by atoms with E-state index in [1.165, 1.54) is 23.0 Å². The number of nitrogens with one attached hydrogen (secondary N) is 2. The lowest BCUT2D eigenvalue weighted by molar-refractivity contribution is -0.118. The Balaban J connectivity index is 2.01. The fourth-order valence-electron chi connectivity index (χ4n) is 5.19. The summed E-state index contributed by atoms with van der Waals surface area (Å²) in [6.45, 7) is 12.0. The van der Waals surface area contributed by atoms with Gasteiger partial charge in [0.2, 0.25) is 23.2 Å². The molecule has 0 spiro atoms. The highest BCUT2D eigenvalue weighted by Crippen LogP contribution is 2.57. The van der Waals surface area contributed by atoms with Crippen LogP contribution in [0.15, 0.2) is 41.5 Å². The Labute approximate surface area is 232 Å². The molecular formula is C27H37N5O7Si. The van der Waals surface area contributed by atoms with E-state index in [-0.39, 0.29) is 22.7 Å². The Hall–Kier alpha value is -3.23. The molecule has 1 amide bonds. The number of imidazole rings is 1. The number of ether oxygens (including phenoxy) is 1. The Kier molecular flexibility index (Phi) is 7.43. The van der Waals surface area contributed by atoms with Crippen molar-refractivity contribution in [2.24, 2.45) is 5.92 Å². The van der Waals surface area contributed by atoms with Crippen molar-refractivity contribution >= 4 is 36.9 Å². The average Bonchev–Trinajstić information content (AvgIpc) is 3.41. The monoisotopic (exact) mass is 571 g/mol. The Morgan fingerprint density at radius 1 is 1.20 bits per heavy atom. The quantitative estimate of drug-likeness (QED) is 0.209. The van der Waals surface area contributed by atoms with Gasteiger partial charge in [-0.3, -0.25) is 29.3 Å². The number of H-pyrrole nitrogens is 1. The maximum absolute atomic E-state index is 14.3. The van der Waals surface area contributed by atoms with Gasteiger partial charge in [-0.05, 0) is 5.04 Å². The van der Waals surface area contributed by atoms with Crippen LogP contribution in [0.3, 0.4) is 0 Å². The molecule has 2 aromatic heterocycles. The van der Waals surface area contributed by atoms with Gasteiger partial charge in [0.05, 0.1) is 21.0 Å². The van der Waals surface area contributed by atoms with Crippen molar-refractivity contribution in [3.63, 3.8) is 0 Å². The fraction of sp³-hybridized carbons (Fsp3) is 0.519. The molecule has 0 unspecified atom stereocenters. The number of hydrogen-bond donors (Lipinski definition) is 5. The van der Waals surface area contributed by atoms with Crippen LogP contribution in [0.5, 0.6) is 0 Å². The Morgan fingerprint density at radius 3 is 2.38 bits per heavy atom. The minimum atomic E-state index is -3.17. The summed E-state index contributed by atoms with van der Waals surface area (Å²) >= 11 is 0. The summed E-state index contributed by atoms with van der Waals surface area (Å²) in [5, 5.41) is 35.5. The summed E-state index contributed by atoms with van der Waals surface area (Å²) in [5.41, 5.74) is -3.41. The number of amides is 1. The SMILES string of the molecule is CC(C)C(=O)Nc1nc2c(ncn2[C@@H]2O[C@H](CO)[C@](O)([Si](C)(C)C(C)(C)C)[C@]2(O)C(=O)c2ccccc2)c(=O)[nH]1. The number of carbonyl (C=O) groups is 2. The van der Waals surface area contributed by atoms with Crippen LogP contribution in [0.25, 0.3) is 11.2 Å². The van der Waals surface area contributed by atoms with Crippen LogP contribution < -0.4 is 10.9 Å². The van der Waals surface area contributed by atoms with Crippen molar-refractivity contribution < 1.29 is 29.6 Å². The zero-order chi connectivity index (χ0) is 29.8. The number of fused-ring (bicyclic) bond motifs is 1. The minimum Gasteiger partial charge on any atom is -0.394 e. The van der Waals surface area contributed by atoms with Crippen molar-refractivity contribution in [3.05, 3.63) is 52.6 Å². The molecule has 3 heterocycles. The van der Waals surface area contributed by atoms with Crippen LogP contribution in [-0.2, 0) is 9.53 Å². The molecule has 1 aliphatic rings. The normalized spacial score (nSPS) is 25.5. The number of hydrogen-bond acceptors (Lipinski definition) is 9. The smallest absolute Gasteiger partial charge is 0.280 e. The van der Waals surface area contributed by atoms with Crippen LogP contribution in [0.1, 0.15) is 51.2 Å². The van der Waals surface area contributed by atoms with Crippen molar-refractivity contribution in [2.75, 3.05) is 11.9 Å². The molecule has 0 saturated carbocycles. The summed E-state index contributed by atoms with van der Waals surface area (Å²) < 4.78 is 7.36. The van der Waals surface area contributed by atoms with E-state index in [2.05, 4.69) is 20.3 Å². The minimum absolute atomic E-state index is 0.0942. The summed E-state index contributed by atoms with van der Waals surface area (Å²) in [7, 11) is -3.17. The van der Waals surface area contributed by atoms with Gasteiger partial charge in [0.15, 0.2) is 17.4 Å². The van der Waals surface area contributed by atoms with Gasteiger partial charge in [-0.2, -0.15) is 4.98 Å². The van der Waals surface area contributed by atoms with Crippen LogP contribution in [0.2, 0.25) is 18.1 Å². The lowest BCUT2D eigenvalue weighted by Gasteiger charge is -2.53. The highest BCUT2D eigenvalue weighted by molar-refractivity contribution is 6.83. The topological polar surface area (TPSA) is 180 Å². The van der Waals surface area contributed by atoms with E-state index < -0.39 is 66.0 Å².